The number of hydrogen-bond donors (Lipinski definition) is 1. The largest absolute Gasteiger partial charge is 0.477 e. The van der Waals surface area contributed by atoms with Gasteiger partial charge in [-0.15, -0.1) is 0 Å². The zero-order valence-electron chi connectivity index (χ0n) is 30.5. The number of unbranched alkanes of at least 4 members (excludes halogenated alkanes) is 10. The lowest BCUT2D eigenvalue weighted by Gasteiger charge is -2.31. The third kappa shape index (κ3) is 29.2. The average molecular weight is 663 g/mol. The van der Waals surface area contributed by atoms with Crippen LogP contribution in [0.3, 0.4) is 0 Å². The molecule has 0 heterocycles. The van der Waals surface area contributed by atoms with Crippen LogP contribution in [0.2, 0.25) is 0 Å². The van der Waals surface area contributed by atoms with Gasteiger partial charge < -0.3 is 23.8 Å². The molecule has 0 aromatic heterocycles. The molecule has 0 aliphatic heterocycles. The highest BCUT2D eigenvalue weighted by Gasteiger charge is 2.31. The van der Waals surface area contributed by atoms with Crippen molar-refractivity contribution in [2.75, 3.05) is 41.0 Å². The molecule has 0 aromatic rings. The summed E-state index contributed by atoms with van der Waals surface area (Å²) >= 11 is 0. The van der Waals surface area contributed by atoms with E-state index in [1.165, 1.54) is 12.8 Å². The van der Waals surface area contributed by atoms with E-state index in [0.29, 0.717) is 19.3 Å². The van der Waals surface area contributed by atoms with Gasteiger partial charge >= 0.3 is 17.9 Å². The van der Waals surface area contributed by atoms with Crippen molar-refractivity contribution < 1.29 is 38.2 Å². The van der Waals surface area contributed by atoms with Gasteiger partial charge in [0.05, 0.1) is 34.4 Å². The van der Waals surface area contributed by atoms with E-state index in [1.807, 2.05) is 21.1 Å². The summed E-state index contributed by atoms with van der Waals surface area (Å²) in [5, 5.41) is 9.56. The molecule has 47 heavy (non-hydrogen) atoms. The monoisotopic (exact) mass is 662 g/mol. The molecular weight excluding hydrogens is 594 g/mol. The molecule has 0 aliphatic carbocycles. The third-order valence-electron chi connectivity index (χ3n) is 7.74. The predicted octanol–water partition coefficient (Wildman–Crippen LogP) is 8.90. The number of rotatable bonds is 31. The normalized spacial score (nSPS) is 13.6. The minimum absolute atomic E-state index is 0.0441. The summed E-state index contributed by atoms with van der Waals surface area (Å²) < 4.78 is 17.1. The number of carbonyl (C=O) groups excluding carboxylic acids is 2. The molecule has 0 fully saturated rings. The quantitative estimate of drug-likeness (QED) is 0.0260. The lowest BCUT2D eigenvalue weighted by molar-refractivity contribution is -0.887. The lowest BCUT2D eigenvalue weighted by Crippen LogP contribution is -2.50. The van der Waals surface area contributed by atoms with Gasteiger partial charge in [-0.2, -0.15) is 0 Å². The number of hydrogen-bond acceptors (Lipinski definition) is 6. The number of carboxylic acid groups (broad SMARTS) is 1. The average Bonchev–Trinajstić information content (AvgIpc) is 3.01. The number of nitrogens with zero attached hydrogens (tertiary/aromatic N) is 1. The molecule has 0 aromatic carbocycles. The second-order valence-corrected chi connectivity index (χ2v) is 13.1. The van der Waals surface area contributed by atoms with Gasteiger partial charge in [-0.05, 0) is 57.8 Å². The van der Waals surface area contributed by atoms with E-state index in [4.69, 9.17) is 14.2 Å². The molecule has 8 nitrogen and oxygen atoms in total. The molecule has 0 amide bonds. The van der Waals surface area contributed by atoms with Gasteiger partial charge in [-0.1, -0.05) is 101 Å². The first-order valence-corrected chi connectivity index (χ1v) is 18.2. The second-order valence-electron chi connectivity index (χ2n) is 13.1. The van der Waals surface area contributed by atoms with Crippen LogP contribution in [0, 0.1) is 0 Å². The Morgan fingerprint density at radius 1 is 0.681 bits per heavy atom. The molecule has 0 spiro atoms. The molecule has 270 valence electrons. The van der Waals surface area contributed by atoms with Crippen molar-refractivity contribution >= 4 is 17.9 Å². The lowest BCUT2D eigenvalue weighted by atomic mass is 10.1. The second kappa shape index (κ2) is 30.6. The summed E-state index contributed by atoms with van der Waals surface area (Å²) in [7, 11) is 5.49. The van der Waals surface area contributed by atoms with Crippen LogP contribution in [0.25, 0.3) is 0 Å². The number of likely N-dealkylation sites (N-methyl/N-ethyl adjacent to an activating group) is 1. The fourth-order valence-electron chi connectivity index (χ4n) is 4.87. The van der Waals surface area contributed by atoms with Crippen molar-refractivity contribution in [1.82, 2.24) is 0 Å². The third-order valence-corrected chi connectivity index (χ3v) is 7.74. The van der Waals surface area contributed by atoms with Crippen molar-refractivity contribution in [3.05, 3.63) is 48.6 Å². The molecule has 8 heteroatoms. The highest BCUT2D eigenvalue weighted by Crippen LogP contribution is 2.12. The van der Waals surface area contributed by atoms with Crippen LogP contribution in [-0.2, 0) is 28.6 Å². The van der Waals surface area contributed by atoms with Crippen LogP contribution in [0.15, 0.2) is 48.6 Å². The maximum Gasteiger partial charge on any atom is 0.362 e. The fraction of sp³-hybridized carbons (Fsp3) is 0.718. The number of ether oxygens (including phenoxy) is 3. The minimum atomic E-state index is -0.885. The zero-order valence-corrected chi connectivity index (χ0v) is 30.5. The molecule has 0 rings (SSSR count). The molecule has 2 unspecified atom stereocenters. The summed E-state index contributed by atoms with van der Waals surface area (Å²) in [4.78, 5) is 36.7. The fourth-order valence-corrected chi connectivity index (χ4v) is 4.87. The van der Waals surface area contributed by atoms with Gasteiger partial charge in [0.2, 0.25) is 0 Å². The van der Waals surface area contributed by atoms with E-state index in [0.717, 1.165) is 83.5 Å². The molecule has 0 aliphatic rings. The summed E-state index contributed by atoms with van der Waals surface area (Å²) in [6, 6.07) is -0.620. The van der Waals surface area contributed by atoms with E-state index >= 15 is 0 Å². The van der Waals surface area contributed by atoms with Gasteiger partial charge in [0.25, 0.3) is 0 Å². The van der Waals surface area contributed by atoms with E-state index < -0.39 is 18.1 Å². The number of aliphatic carboxylic acids is 1. The van der Waals surface area contributed by atoms with E-state index in [1.54, 1.807) is 0 Å². The summed E-state index contributed by atoms with van der Waals surface area (Å²) in [6.45, 7) is 4.49. The van der Waals surface area contributed by atoms with Crippen molar-refractivity contribution in [3.63, 3.8) is 0 Å². The zero-order chi connectivity index (χ0) is 35.0. The van der Waals surface area contributed by atoms with Crippen LogP contribution < -0.4 is 0 Å². The highest BCUT2D eigenvalue weighted by molar-refractivity contribution is 5.72. The van der Waals surface area contributed by atoms with Crippen molar-refractivity contribution in [2.24, 2.45) is 0 Å². The van der Waals surface area contributed by atoms with Gasteiger partial charge in [0, 0.05) is 19.3 Å². The molecule has 0 saturated carbocycles. The smallest absolute Gasteiger partial charge is 0.362 e. The van der Waals surface area contributed by atoms with Crippen molar-refractivity contribution in [3.8, 4) is 0 Å². The van der Waals surface area contributed by atoms with Gasteiger partial charge in [-0.3, -0.25) is 9.59 Å². The molecule has 0 radical (unpaired) electrons. The standard InChI is InChI=1S/C39H67NO7/c1-6-8-10-12-14-16-18-20-21-23-25-27-29-37(41)46-34-35(33-45-32-31-36(39(43)44)40(3,4)5)47-38(42)30-28-26-24-22-19-17-15-13-11-9-7-2/h8,10,13-17,19,35-36H,6-7,9,11-12,18,20-34H2,1-5H3/p+1/b10-8+,15-13+,16-14+,19-17+. The molecular formula is C39H68NO7+. The van der Waals surface area contributed by atoms with Crippen LogP contribution in [0.1, 0.15) is 129 Å². The predicted molar refractivity (Wildman–Crippen MR) is 192 cm³/mol. The first kappa shape index (κ1) is 44.3. The van der Waals surface area contributed by atoms with Crippen LogP contribution in [0.5, 0.6) is 0 Å². The molecule has 0 bridgehead atoms. The van der Waals surface area contributed by atoms with Gasteiger partial charge in [0.1, 0.15) is 6.61 Å². The molecule has 0 saturated heterocycles. The Balaban J connectivity index is 4.52. The Hall–Kier alpha value is -2.71. The summed E-state index contributed by atoms with van der Waals surface area (Å²) in [6.07, 6.45) is 33.0. The number of carboxylic acids is 1. The van der Waals surface area contributed by atoms with Gasteiger partial charge in [0.15, 0.2) is 12.1 Å². The van der Waals surface area contributed by atoms with Gasteiger partial charge in [-0.25, -0.2) is 4.79 Å². The maximum atomic E-state index is 12.6. The Bertz CT molecular complexity index is 917. The van der Waals surface area contributed by atoms with Crippen molar-refractivity contribution in [2.45, 2.75) is 142 Å². The maximum absolute atomic E-state index is 12.6. The summed E-state index contributed by atoms with van der Waals surface area (Å²) in [5.74, 6) is -1.53. The number of carbonyl (C=O) groups is 3. The van der Waals surface area contributed by atoms with Crippen LogP contribution in [0.4, 0.5) is 0 Å². The van der Waals surface area contributed by atoms with E-state index in [2.05, 4.69) is 62.5 Å². The van der Waals surface area contributed by atoms with E-state index in [9.17, 15) is 19.5 Å². The first-order chi connectivity index (χ1) is 22.6. The van der Waals surface area contributed by atoms with Crippen LogP contribution >= 0.6 is 0 Å². The molecule has 2 atom stereocenters. The SMILES string of the molecule is CC/C=C/C/C=C/CCCCCCCC(=O)OCC(COCCC(C(=O)O)[N+](C)(C)C)OC(=O)CCCCC/C=C/C=C/CCCC. The first-order valence-electron chi connectivity index (χ1n) is 18.2. The highest BCUT2D eigenvalue weighted by atomic mass is 16.6. The van der Waals surface area contributed by atoms with E-state index in [-0.39, 0.29) is 36.2 Å². The Kier molecular flexibility index (Phi) is 28.8. The minimum Gasteiger partial charge on any atom is -0.477 e. The van der Waals surface area contributed by atoms with Crippen LogP contribution in [-0.4, -0.2) is 80.6 Å². The number of allylic oxidation sites excluding steroid dienone is 8. The number of esters is 2. The Morgan fingerprint density at radius 2 is 1.26 bits per heavy atom. The van der Waals surface area contributed by atoms with Crippen molar-refractivity contribution in [1.29, 1.82) is 0 Å². The topological polar surface area (TPSA) is 99.1 Å². The molecule has 1 N–H and O–H groups in total. The number of quaternary nitrogens is 1. The summed E-state index contributed by atoms with van der Waals surface area (Å²) in [5.41, 5.74) is 0. The Labute approximate surface area is 286 Å². The Morgan fingerprint density at radius 3 is 1.89 bits per heavy atom.